The molecular formula is C15H17N3O4. The fourth-order valence-electron chi connectivity index (χ4n) is 2.68. The minimum Gasteiger partial charge on any atom is -0.496 e. The summed E-state index contributed by atoms with van der Waals surface area (Å²) in [6.07, 6.45) is 4.67. The number of nitrogens with zero attached hydrogens (tertiary/aromatic N) is 3. The van der Waals surface area contributed by atoms with Crippen LogP contribution in [0.25, 0.3) is 11.3 Å². The Kier molecular flexibility index (Phi) is 4.06. The topological polar surface area (TPSA) is 79.4 Å². The average Bonchev–Trinajstić information content (AvgIpc) is 3.04. The highest BCUT2D eigenvalue weighted by Gasteiger charge is 2.22. The van der Waals surface area contributed by atoms with Crippen molar-refractivity contribution in [2.24, 2.45) is 0 Å². The van der Waals surface area contributed by atoms with Crippen LogP contribution in [0.5, 0.6) is 5.75 Å². The molecule has 1 unspecified atom stereocenters. The van der Waals surface area contributed by atoms with E-state index < -0.39 is 4.92 Å². The second-order valence-corrected chi connectivity index (χ2v) is 5.12. The van der Waals surface area contributed by atoms with E-state index in [2.05, 4.69) is 5.10 Å². The highest BCUT2D eigenvalue weighted by Crippen LogP contribution is 2.35. The minimum atomic E-state index is -0.437. The van der Waals surface area contributed by atoms with Crippen LogP contribution in [0, 0.1) is 10.1 Å². The maximum absolute atomic E-state index is 10.9. The fourth-order valence-corrected chi connectivity index (χ4v) is 2.68. The molecule has 1 aliphatic rings. The van der Waals surface area contributed by atoms with Gasteiger partial charge in [-0.15, -0.1) is 0 Å². The first-order valence-corrected chi connectivity index (χ1v) is 7.18. The monoisotopic (exact) mass is 303 g/mol. The number of nitro benzene ring substituents is 1. The number of benzene rings is 1. The largest absolute Gasteiger partial charge is 0.496 e. The Morgan fingerprint density at radius 1 is 1.41 bits per heavy atom. The molecule has 2 aromatic rings. The summed E-state index contributed by atoms with van der Waals surface area (Å²) in [5.74, 6) is 0.451. The summed E-state index contributed by atoms with van der Waals surface area (Å²) >= 11 is 0. The Morgan fingerprint density at radius 2 is 2.27 bits per heavy atom. The predicted molar refractivity (Wildman–Crippen MR) is 79.7 cm³/mol. The third-order valence-corrected chi connectivity index (χ3v) is 3.77. The number of methoxy groups -OCH3 is 1. The Hall–Kier alpha value is -2.41. The number of aromatic nitrogens is 2. The van der Waals surface area contributed by atoms with Gasteiger partial charge in [0.05, 0.1) is 23.8 Å². The summed E-state index contributed by atoms with van der Waals surface area (Å²) in [7, 11) is 1.50. The molecule has 0 radical (unpaired) electrons. The molecule has 22 heavy (non-hydrogen) atoms. The number of ether oxygens (including phenoxy) is 2. The lowest BCUT2D eigenvalue weighted by Gasteiger charge is -2.24. The van der Waals surface area contributed by atoms with Gasteiger partial charge < -0.3 is 9.47 Å². The lowest BCUT2D eigenvalue weighted by atomic mass is 10.1. The van der Waals surface area contributed by atoms with Gasteiger partial charge in [0.15, 0.2) is 6.23 Å². The number of rotatable bonds is 4. The quantitative estimate of drug-likeness (QED) is 0.640. The van der Waals surface area contributed by atoms with Crippen LogP contribution < -0.4 is 4.74 Å². The third kappa shape index (κ3) is 2.67. The van der Waals surface area contributed by atoms with E-state index in [0.717, 1.165) is 37.1 Å². The van der Waals surface area contributed by atoms with E-state index in [9.17, 15) is 10.1 Å². The van der Waals surface area contributed by atoms with Gasteiger partial charge in [0, 0.05) is 24.4 Å². The standard InChI is InChI=1S/C15H17N3O4/c1-21-14-10-11(18(19)20)5-6-12(14)13-7-8-16-17(13)15-4-2-3-9-22-15/h5-8,10,15H,2-4,9H2,1H3. The molecule has 1 fully saturated rings. The predicted octanol–water partition coefficient (Wildman–Crippen LogP) is 3.17. The van der Waals surface area contributed by atoms with E-state index in [1.165, 1.54) is 19.2 Å². The van der Waals surface area contributed by atoms with Gasteiger partial charge in [-0.25, -0.2) is 4.68 Å². The molecular weight excluding hydrogens is 286 g/mol. The van der Waals surface area contributed by atoms with Crippen LogP contribution >= 0.6 is 0 Å². The molecule has 7 nitrogen and oxygen atoms in total. The van der Waals surface area contributed by atoms with Crippen molar-refractivity contribution in [1.29, 1.82) is 0 Å². The minimum absolute atomic E-state index is 0.000539. The Bertz CT molecular complexity index is 677. The first-order valence-electron chi connectivity index (χ1n) is 7.18. The Morgan fingerprint density at radius 3 is 2.95 bits per heavy atom. The van der Waals surface area contributed by atoms with Gasteiger partial charge in [-0.05, 0) is 31.4 Å². The smallest absolute Gasteiger partial charge is 0.273 e. The molecule has 0 N–H and O–H groups in total. The van der Waals surface area contributed by atoms with E-state index in [1.54, 1.807) is 12.3 Å². The van der Waals surface area contributed by atoms with Crippen LogP contribution in [0.3, 0.4) is 0 Å². The molecule has 1 aliphatic heterocycles. The van der Waals surface area contributed by atoms with Gasteiger partial charge in [0.2, 0.25) is 0 Å². The van der Waals surface area contributed by atoms with E-state index >= 15 is 0 Å². The van der Waals surface area contributed by atoms with Crippen molar-refractivity contribution in [3.05, 3.63) is 40.6 Å². The first kappa shape index (κ1) is 14.5. The van der Waals surface area contributed by atoms with Crippen LogP contribution in [0.15, 0.2) is 30.5 Å². The highest BCUT2D eigenvalue weighted by molar-refractivity contribution is 5.69. The van der Waals surface area contributed by atoms with Crippen LogP contribution in [0.4, 0.5) is 5.69 Å². The van der Waals surface area contributed by atoms with Crippen molar-refractivity contribution < 1.29 is 14.4 Å². The molecule has 0 aliphatic carbocycles. The summed E-state index contributed by atoms with van der Waals surface area (Å²) in [4.78, 5) is 10.5. The van der Waals surface area contributed by atoms with Crippen molar-refractivity contribution >= 4 is 5.69 Å². The van der Waals surface area contributed by atoms with Crippen molar-refractivity contribution in [2.45, 2.75) is 25.5 Å². The maximum atomic E-state index is 10.9. The summed E-state index contributed by atoms with van der Waals surface area (Å²) in [6.45, 7) is 0.724. The second kappa shape index (κ2) is 6.15. The number of hydrogen-bond donors (Lipinski definition) is 0. The molecule has 0 spiro atoms. The molecule has 1 atom stereocenters. The van der Waals surface area contributed by atoms with Crippen molar-refractivity contribution in [1.82, 2.24) is 9.78 Å². The molecule has 2 heterocycles. The molecule has 0 amide bonds. The second-order valence-electron chi connectivity index (χ2n) is 5.12. The number of nitro groups is 1. The van der Waals surface area contributed by atoms with Crippen LogP contribution in [0.1, 0.15) is 25.5 Å². The number of non-ortho nitro benzene ring substituents is 1. The first-order chi connectivity index (χ1) is 10.7. The maximum Gasteiger partial charge on any atom is 0.273 e. The molecule has 1 aromatic carbocycles. The van der Waals surface area contributed by atoms with Crippen LogP contribution in [0.2, 0.25) is 0 Å². The highest BCUT2D eigenvalue weighted by atomic mass is 16.6. The summed E-state index contributed by atoms with van der Waals surface area (Å²) in [5.41, 5.74) is 1.60. The lowest BCUT2D eigenvalue weighted by molar-refractivity contribution is -0.384. The zero-order valence-corrected chi connectivity index (χ0v) is 12.3. The third-order valence-electron chi connectivity index (χ3n) is 3.77. The summed E-state index contributed by atoms with van der Waals surface area (Å²) in [5, 5.41) is 15.2. The Labute approximate surface area is 127 Å². The molecule has 1 saturated heterocycles. The zero-order valence-electron chi connectivity index (χ0n) is 12.3. The molecule has 116 valence electrons. The van der Waals surface area contributed by atoms with Gasteiger partial charge in [0.1, 0.15) is 5.75 Å². The summed E-state index contributed by atoms with van der Waals surface area (Å²) in [6, 6.07) is 6.44. The van der Waals surface area contributed by atoms with Gasteiger partial charge in [0.25, 0.3) is 5.69 Å². The van der Waals surface area contributed by atoms with Gasteiger partial charge >= 0.3 is 0 Å². The molecule has 1 aromatic heterocycles. The fraction of sp³-hybridized carbons (Fsp3) is 0.400. The SMILES string of the molecule is COc1cc([N+](=O)[O-])ccc1-c1ccnn1C1CCCCO1. The van der Waals surface area contributed by atoms with Crippen molar-refractivity contribution in [3.8, 4) is 17.0 Å². The van der Waals surface area contributed by atoms with Gasteiger partial charge in [-0.1, -0.05) is 0 Å². The zero-order chi connectivity index (χ0) is 15.5. The van der Waals surface area contributed by atoms with Gasteiger partial charge in [-0.2, -0.15) is 5.10 Å². The molecule has 0 bridgehead atoms. The average molecular weight is 303 g/mol. The normalized spacial score (nSPS) is 18.1. The van der Waals surface area contributed by atoms with Gasteiger partial charge in [-0.3, -0.25) is 10.1 Å². The van der Waals surface area contributed by atoms with Crippen LogP contribution in [-0.4, -0.2) is 28.4 Å². The number of hydrogen-bond acceptors (Lipinski definition) is 5. The molecule has 3 rings (SSSR count). The van der Waals surface area contributed by atoms with Crippen molar-refractivity contribution in [3.63, 3.8) is 0 Å². The summed E-state index contributed by atoms with van der Waals surface area (Å²) < 4.78 is 12.9. The van der Waals surface area contributed by atoms with Crippen LogP contribution in [-0.2, 0) is 4.74 Å². The lowest BCUT2D eigenvalue weighted by Crippen LogP contribution is -2.19. The van der Waals surface area contributed by atoms with E-state index in [4.69, 9.17) is 9.47 Å². The molecule has 7 heteroatoms. The van der Waals surface area contributed by atoms with Crippen molar-refractivity contribution in [2.75, 3.05) is 13.7 Å². The van der Waals surface area contributed by atoms with E-state index in [0.29, 0.717) is 5.75 Å². The van der Waals surface area contributed by atoms with E-state index in [-0.39, 0.29) is 11.9 Å². The van der Waals surface area contributed by atoms with E-state index in [1.807, 2.05) is 10.7 Å². The Balaban J connectivity index is 2.01. The molecule has 0 saturated carbocycles.